The van der Waals surface area contributed by atoms with Gasteiger partial charge in [0, 0.05) is 7.11 Å². The van der Waals surface area contributed by atoms with Crippen LogP contribution in [0.15, 0.2) is 0 Å². The Morgan fingerprint density at radius 2 is 1.81 bits per heavy atom. The number of alkyl carbamates (subject to hydrolysis) is 1. The molecule has 9 nitrogen and oxygen atoms in total. The number of carbonyl (C=O) groups excluding carboxylic acids is 2. The van der Waals surface area contributed by atoms with Gasteiger partial charge in [0.05, 0.1) is 13.2 Å². The first kappa shape index (κ1) is 20.1. The number of imide groups is 1. The fourth-order valence-corrected chi connectivity index (χ4v) is 2.05. The van der Waals surface area contributed by atoms with Crippen molar-refractivity contribution in [1.82, 2.24) is 5.32 Å². The fraction of sp³-hybridized carbons (Fsp3) is 0.818. The molecule has 5 N–H and O–H groups in total. The molecule has 0 aliphatic carbocycles. The minimum absolute atomic E-state index is 0.0477. The monoisotopic (exact) mass is 327 g/mol. The lowest BCUT2D eigenvalue weighted by Gasteiger charge is -2.26. The zero-order valence-corrected chi connectivity index (χ0v) is 12.6. The standard InChI is InChI=1S/C11H21NO8S/c1-19-3-4-20-11(18)12-10(17)9(21-2)8(16)7(15)6(14)5-13/h6-9,13-16H,3-5H2,1-2H3,(H,12,17,18)/t6-,7-,8+,9-/m1/s1. The van der Waals surface area contributed by atoms with Crippen molar-refractivity contribution in [1.29, 1.82) is 0 Å². The SMILES string of the molecule is COCCOC(=O)NC(=O)[C@H](SC)[C@@H](O)[C@H](O)[C@H](O)CO. The molecule has 0 aromatic heterocycles. The molecule has 0 radical (unpaired) electrons. The number of methoxy groups -OCH3 is 1. The van der Waals surface area contributed by atoms with Crippen LogP contribution in [0.3, 0.4) is 0 Å². The Labute approximate surface area is 126 Å². The molecule has 0 rings (SSSR count). The van der Waals surface area contributed by atoms with Crippen LogP contribution in [0.5, 0.6) is 0 Å². The van der Waals surface area contributed by atoms with E-state index in [0.717, 1.165) is 11.8 Å². The first-order valence-electron chi connectivity index (χ1n) is 6.03. The van der Waals surface area contributed by atoms with E-state index in [9.17, 15) is 24.9 Å². The maximum absolute atomic E-state index is 11.8. The predicted molar refractivity (Wildman–Crippen MR) is 73.8 cm³/mol. The molecule has 0 unspecified atom stereocenters. The number of hydrogen-bond donors (Lipinski definition) is 5. The number of aliphatic hydroxyl groups is 4. The van der Waals surface area contributed by atoms with E-state index >= 15 is 0 Å². The molecular formula is C11H21NO8S. The van der Waals surface area contributed by atoms with E-state index in [1.54, 1.807) is 0 Å². The number of nitrogens with one attached hydrogen (secondary N) is 1. The van der Waals surface area contributed by atoms with E-state index in [-0.39, 0.29) is 13.2 Å². The predicted octanol–water partition coefficient (Wildman–Crippen LogP) is -2.31. The summed E-state index contributed by atoms with van der Waals surface area (Å²) in [5.41, 5.74) is 0. The maximum atomic E-state index is 11.8. The Bertz CT molecular complexity index is 329. The average Bonchev–Trinajstić information content (AvgIpc) is 2.46. The summed E-state index contributed by atoms with van der Waals surface area (Å²) in [5, 5.41) is 38.0. The molecule has 10 heteroatoms. The molecule has 0 aliphatic heterocycles. The molecule has 0 aromatic carbocycles. The molecule has 124 valence electrons. The van der Waals surface area contributed by atoms with Crippen molar-refractivity contribution in [3.63, 3.8) is 0 Å². The van der Waals surface area contributed by atoms with Crippen molar-refractivity contribution in [2.75, 3.05) is 33.2 Å². The van der Waals surface area contributed by atoms with Crippen LogP contribution in [-0.4, -0.2) is 89.2 Å². The lowest BCUT2D eigenvalue weighted by Crippen LogP contribution is -2.51. The fourth-order valence-electron chi connectivity index (χ4n) is 1.34. The molecule has 4 atom stereocenters. The van der Waals surface area contributed by atoms with Gasteiger partial charge in [-0.1, -0.05) is 0 Å². The molecular weight excluding hydrogens is 306 g/mol. The van der Waals surface area contributed by atoms with Crippen LogP contribution in [0.2, 0.25) is 0 Å². The lowest BCUT2D eigenvalue weighted by molar-refractivity contribution is -0.126. The molecule has 0 heterocycles. The largest absolute Gasteiger partial charge is 0.447 e. The van der Waals surface area contributed by atoms with Gasteiger partial charge in [-0.2, -0.15) is 0 Å². The number of rotatable bonds is 9. The van der Waals surface area contributed by atoms with Crippen LogP contribution >= 0.6 is 11.8 Å². The zero-order chi connectivity index (χ0) is 16.4. The van der Waals surface area contributed by atoms with Gasteiger partial charge >= 0.3 is 6.09 Å². The summed E-state index contributed by atoms with van der Waals surface area (Å²) in [6.07, 6.45) is -4.55. The molecule has 0 saturated heterocycles. The average molecular weight is 327 g/mol. The third kappa shape index (κ3) is 7.07. The van der Waals surface area contributed by atoms with Crippen molar-refractivity contribution in [3.8, 4) is 0 Å². The highest BCUT2D eigenvalue weighted by molar-refractivity contribution is 8.00. The first-order chi connectivity index (χ1) is 9.88. The molecule has 0 bridgehead atoms. The number of ether oxygens (including phenoxy) is 2. The van der Waals surface area contributed by atoms with Crippen LogP contribution in [0.25, 0.3) is 0 Å². The smallest absolute Gasteiger partial charge is 0.413 e. The summed E-state index contributed by atoms with van der Waals surface area (Å²) in [6.45, 7) is -0.661. The minimum Gasteiger partial charge on any atom is -0.447 e. The van der Waals surface area contributed by atoms with Crippen molar-refractivity contribution >= 4 is 23.8 Å². The first-order valence-corrected chi connectivity index (χ1v) is 7.32. The molecule has 0 aromatic rings. The van der Waals surface area contributed by atoms with E-state index < -0.39 is 42.2 Å². The zero-order valence-electron chi connectivity index (χ0n) is 11.8. The Hall–Kier alpha value is -0.910. The summed E-state index contributed by atoms with van der Waals surface area (Å²) in [7, 11) is 1.42. The van der Waals surface area contributed by atoms with Gasteiger partial charge in [-0.3, -0.25) is 10.1 Å². The molecule has 2 amide bonds. The lowest BCUT2D eigenvalue weighted by atomic mass is 10.0. The highest BCUT2D eigenvalue weighted by atomic mass is 32.2. The topological polar surface area (TPSA) is 146 Å². The van der Waals surface area contributed by atoms with Crippen molar-refractivity contribution in [2.45, 2.75) is 23.6 Å². The minimum atomic E-state index is -1.73. The number of thioether (sulfide) groups is 1. The van der Waals surface area contributed by atoms with Gasteiger partial charge in [0.15, 0.2) is 0 Å². The second-order valence-corrected chi connectivity index (χ2v) is 4.98. The van der Waals surface area contributed by atoms with Crippen molar-refractivity contribution < 1.29 is 39.5 Å². The highest BCUT2D eigenvalue weighted by Gasteiger charge is 2.35. The maximum Gasteiger partial charge on any atom is 0.413 e. The summed E-state index contributed by atoms with van der Waals surface area (Å²) < 4.78 is 9.27. The molecule has 21 heavy (non-hydrogen) atoms. The molecule has 0 aliphatic rings. The molecule has 0 saturated carbocycles. The second-order valence-electron chi connectivity index (χ2n) is 4.01. The van der Waals surface area contributed by atoms with Gasteiger partial charge in [-0.05, 0) is 6.26 Å². The van der Waals surface area contributed by atoms with Crippen LogP contribution in [0.1, 0.15) is 0 Å². The van der Waals surface area contributed by atoms with Gasteiger partial charge in [0.25, 0.3) is 0 Å². The van der Waals surface area contributed by atoms with Crippen LogP contribution in [-0.2, 0) is 14.3 Å². The Kier molecular flexibility index (Phi) is 10.3. The van der Waals surface area contributed by atoms with Crippen molar-refractivity contribution in [3.05, 3.63) is 0 Å². The normalized spacial score (nSPS) is 16.7. The van der Waals surface area contributed by atoms with Crippen LogP contribution in [0.4, 0.5) is 4.79 Å². The number of hydrogen-bond acceptors (Lipinski definition) is 9. The summed E-state index contributed by atoms with van der Waals surface area (Å²) in [5.74, 6) is -0.887. The second kappa shape index (κ2) is 10.8. The number of aliphatic hydroxyl groups excluding tert-OH is 4. The summed E-state index contributed by atoms with van der Waals surface area (Å²) >= 11 is 0.865. The Morgan fingerprint density at radius 3 is 2.29 bits per heavy atom. The summed E-state index contributed by atoms with van der Waals surface area (Å²) in [4.78, 5) is 23.1. The van der Waals surface area contributed by atoms with E-state index in [2.05, 4.69) is 9.47 Å². The van der Waals surface area contributed by atoms with E-state index in [1.165, 1.54) is 13.4 Å². The van der Waals surface area contributed by atoms with E-state index in [0.29, 0.717) is 0 Å². The van der Waals surface area contributed by atoms with Crippen LogP contribution in [0, 0.1) is 0 Å². The quantitative estimate of drug-likeness (QED) is 0.295. The molecule has 0 fully saturated rings. The highest BCUT2D eigenvalue weighted by Crippen LogP contribution is 2.16. The van der Waals surface area contributed by atoms with Crippen molar-refractivity contribution in [2.24, 2.45) is 0 Å². The van der Waals surface area contributed by atoms with Crippen LogP contribution < -0.4 is 5.32 Å². The Balaban J connectivity index is 4.50. The van der Waals surface area contributed by atoms with Gasteiger partial charge in [-0.15, -0.1) is 11.8 Å². The number of carbonyl (C=O) groups is 2. The van der Waals surface area contributed by atoms with Gasteiger partial charge < -0.3 is 29.9 Å². The van der Waals surface area contributed by atoms with Gasteiger partial charge in [0.1, 0.15) is 30.2 Å². The van der Waals surface area contributed by atoms with Gasteiger partial charge in [0.2, 0.25) is 5.91 Å². The Morgan fingerprint density at radius 1 is 1.19 bits per heavy atom. The number of amides is 2. The van der Waals surface area contributed by atoms with E-state index in [1.807, 2.05) is 5.32 Å². The van der Waals surface area contributed by atoms with Gasteiger partial charge in [-0.25, -0.2) is 4.79 Å². The van der Waals surface area contributed by atoms with E-state index in [4.69, 9.17) is 5.11 Å². The third-order valence-electron chi connectivity index (χ3n) is 2.50. The summed E-state index contributed by atoms with van der Waals surface area (Å²) in [6, 6.07) is 0. The molecule has 0 spiro atoms. The third-order valence-corrected chi connectivity index (χ3v) is 3.50.